The number of halogens is 1. The first kappa shape index (κ1) is 15.1. The fourth-order valence-electron chi connectivity index (χ4n) is 2.05. The quantitative estimate of drug-likeness (QED) is 0.356. The molecule has 0 aliphatic carbocycles. The highest BCUT2D eigenvalue weighted by atomic mass is 79.9. The number of benzene rings is 2. The van der Waals surface area contributed by atoms with Gasteiger partial charge in [-0.3, -0.25) is 10.1 Å². The van der Waals surface area contributed by atoms with Crippen molar-refractivity contribution in [1.29, 1.82) is 0 Å². The van der Waals surface area contributed by atoms with Crippen LogP contribution in [0.1, 0.15) is 11.1 Å². The first-order valence-corrected chi connectivity index (χ1v) is 7.36. The standard InChI is InChI=1S/C16H9BrN2O4/c17-13-7-2-1-6-12(13)15-18-14(16(20)23-15)9-10-4-3-5-11(8-10)19(21)22/h1-9H/b14-9+. The lowest BCUT2D eigenvalue weighted by Gasteiger charge is -2.01. The zero-order valence-corrected chi connectivity index (χ0v) is 13.2. The van der Waals surface area contributed by atoms with E-state index in [1.54, 1.807) is 24.3 Å². The molecule has 6 nitrogen and oxygen atoms in total. The van der Waals surface area contributed by atoms with Crippen LogP contribution in [-0.2, 0) is 9.53 Å². The summed E-state index contributed by atoms with van der Waals surface area (Å²) >= 11 is 3.37. The van der Waals surface area contributed by atoms with E-state index in [1.807, 2.05) is 12.1 Å². The summed E-state index contributed by atoms with van der Waals surface area (Å²) in [5.41, 5.74) is 1.20. The first-order valence-electron chi connectivity index (χ1n) is 6.56. The van der Waals surface area contributed by atoms with Crippen LogP contribution >= 0.6 is 15.9 Å². The van der Waals surface area contributed by atoms with Crippen molar-refractivity contribution < 1.29 is 14.5 Å². The van der Waals surface area contributed by atoms with Gasteiger partial charge in [0.1, 0.15) is 0 Å². The van der Waals surface area contributed by atoms with Gasteiger partial charge in [0, 0.05) is 16.6 Å². The second kappa shape index (κ2) is 6.13. The van der Waals surface area contributed by atoms with E-state index in [1.165, 1.54) is 18.2 Å². The van der Waals surface area contributed by atoms with Gasteiger partial charge < -0.3 is 4.74 Å². The van der Waals surface area contributed by atoms with E-state index in [0.29, 0.717) is 11.1 Å². The average molecular weight is 373 g/mol. The number of cyclic esters (lactones) is 1. The molecule has 7 heteroatoms. The summed E-state index contributed by atoms with van der Waals surface area (Å²) in [6.07, 6.45) is 1.46. The SMILES string of the molecule is O=C1OC(c2ccccc2Br)=N/C1=C/c1cccc([N+](=O)[O-])c1. The van der Waals surface area contributed by atoms with Crippen LogP contribution in [0.25, 0.3) is 6.08 Å². The summed E-state index contributed by atoms with van der Waals surface area (Å²) in [4.78, 5) is 26.4. The number of ether oxygens (including phenoxy) is 1. The van der Waals surface area contributed by atoms with E-state index >= 15 is 0 Å². The van der Waals surface area contributed by atoms with Crippen LogP contribution in [0.5, 0.6) is 0 Å². The Labute approximate surface area is 139 Å². The third-order valence-corrected chi connectivity index (χ3v) is 3.80. The third-order valence-electron chi connectivity index (χ3n) is 3.11. The Morgan fingerprint density at radius 2 is 1.96 bits per heavy atom. The number of hydrogen-bond acceptors (Lipinski definition) is 5. The summed E-state index contributed by atoms with van der Waals surface area (Å²) in [5.74, 6) is -0.401. The van der Waals surface area contributed by atoms with Crippen molar-refractivity contribution in [3.05, 3.63) is 79.9 Å². The highest BCUT2D eigenvalue weighted by Gasteiger charge is 2.25. The number of nitro groups is 1. The van der Waals surface area contributed by atoms with E-state index in [-0.39, 0.29) is 17.3 Å². The Bertz CT molecular complexity index is 874. The molecule has 1 aliphatic rings. The lowest BCUT2D eigenvalue weighted by Crippen LogP contribution is -2.05. The topological polar surface area (TPSA) is 81.8 Å². The van der Waals surface area contributed by atoms with Crippen molar-refractivity contribution in [3.8, 4) is 0 Å². The number of rotatable bonds is 3. The molecule has 0 bridgehead atoms. The van der Waals surface area contributed by atoms with Gasteiger partial charge in [-0.2, -0.15) is 0 Å². The summed E-state index contributed by atoms with van der Waals surface area (Å²) in [6.45, 7) is 0. The molecule has 0 unspecified atom stereocenters. The molecule has 0 saturated carbocycles. The van der Waals surface area contributed by atoms with E-state index in [9.17, 15) is 14.9 Å². The number of carbonyl (C=O) groups is 1. The molecule has 1 aliphatic heterocycles. The van der Waals surface area contributed by atoms with Gasteiger partial charge in [-0.25, -0.2) is 9.79 Å². The van der Waals surface area contributed by atoms with E-state index < -0.39 is 10.9 Å². The van der Waals surface area contributed by atoms with E-state index in [4.69, 9.17) is 4.74 Å². The minimum atomic E-state index is -0.595. The summed E-state index contributed by atoms with van der Waals surface area (Å²) in [6, 6.07) is 13.2. The first-order chi connectivity index (χ1) is 11.0. The molecular weight excluding hydrogens is 364 g/mol. The number of esters is 1. The molecule has 3 rings (SSSR count). The van der Waals surface area contributed by atoms with Crippen molar-refractivity contribution >= 4 is 39.6 Å². The molecule has 0 N–H and O–H groups in total. The van der Waals surface area contributed by atoms with E-state index in [0.717, 1.165) is 4.47 Å². The monoisotopic (exact) mass is 372 g/mol. The molecule has 0 spiro atoms. The van der Waals surface area contributed by atoms with Crippen molar-refractivity contribution in [3.63, 3.8) is 0 Å². The van der Waals surface area contributed by atoms with Gasteiger partial charge in [0.25, 0.3) is 5.69 Å². The van der Waals surface area contributed by atoms with Crippen LogP contribution in [-0.4, -0.2) is 16.8 Å². The van der Waals surface area contributed by atoms with Gasteiger partial charge in [-0.05, 0) is 39.7 Å². The number of nitro benzene ring substituents is 1. The fourth-order valence-corrected chi connectivity index (χ4v) is 2.50. The van der Waals surface area contributed by atoms with Crippen molar-refractivity contribution in [2.45, 2.75) is 0 Å². The molecule has 0 radical (unpaired) electrons. The fraction of sp³-hybridized carbons (Fsp3) is 0. The maximum atomic E-state index is 11.9. The second-order valence-electron chi connectivity index (χ2n) is 4.67. The molecule has 0 fully saturated rings. The zero-order chi connectivity index (χ0) is 16.4. The molecule has 0 atom stereocenters. The Hall–Kier alpha value is -2.80. The predicted molar refractivity (Wildman–Crippen MR) is 87.8 cm³/mol. The predicted octanol–water partition coefficient (Wildman–Crippen LogP) is 3.70. The third kappa shape index (κ3) is 3.19. The Balaban J connectivity index is 1.97. The summed E-state index contributed by atoms with van der Waals surface area (Å²) < 4.78 is 5.92. The van der Waals surface area contributed by atoms with Crippen LogP contribution in [0.15, 0.2) is 63.7 Å². The number of non-ortho nitro benzene ring substituents is 1. The maximum absolute atomic E-state index is 11.9. The van der Waals surface area contributed by atoms with Gasteiger partial charge in [0.2, 0.25) is 5.90 Å². The second-order valence-corrected chi connectivity index (χ2v) is 5.52. The molecule has 0 aromatic heterocycles. The van der Waals surface area contributed by atoms with Crippen LogP contribution < -0.4 is 0 Å². The summed E-state index contributed by atoms with van der Waals surface area (Å²) in [7, 11) is 0. The number of nitrogens with zero attached hydrogens (tertiary/aromatic N) is 2. The molecule has 2 aromatic carbocycles. The van der Waals surface area contributed by atoms with E-state index in [2.05, 4.69) is 20.9 Å². The maximum Gasteiger partial charge on any atom is 0.363 e. The van der Waals surface area contributed by atoms with Crippen LogP contribution in [0.4, 0.5) is 5.69 Å². The molecule has 0 saturated heterocycles. The largest absolute Gasteiger partial charge is 0.402 e. The summed E-state index contributed by atoms with van der Waals surface area (Å²) in [5, 5.41) is 10.8. The molecule has 0 amide bonds. The lowest BCUT2D eigenvalue weighted by atomic mass is 10.1. The van der Waals surface area contributed by atoms with Crippen LogP contribution in [0.3, 0.4) is 0 Å². The highest BCUT2D eigenvalue weighted by molar-refractivity contribution is 9.10. The number of hydrogen-bond donors (Lipinski definition) is 0. The Morgan fingerprint density at radius 1 is 1.17 bits per heavy atom. The van der Waals surface area contributed by atoms with Gasteiger partial charge in [-0.1, -0.05) is 24.3 Å². The highest BCUT2D eigenvalue weighted by Crippen LogP contribution is 2.24. The van der Waals surface area contributed by atoms with Crippen LogP contribution in [0, 0.1) is 10.1 Å². The van der Waals surface area contributed by atoms with Crippen LogP contribution in [0.2, 0.25) is 0 Å². The van der Waals surface area contributed by atoms with Gasteiger partial charge in [0.05, 0.1) is 10.5 Å². The molecule has 2 aromatic rings. The molecule has 23 heavy (non-hydrogen) atoms. The lowest BCUT2D eigenvalue weighted by molar-refractivity contribution is -0.384. The Morgan fingerprint density at radius 3 is 2.70 bits per heavy atom. The van der Waals surface area contributed by atoms with Crippen molar-refractivity contribution in [2.24, 2.45) is 4.99 Å². The van der Waals surface area contributed by atoms with Gasteiger partial charge >= 0.3 is 5.97 Å². The molecule has 1 heterocycles. The zero-order valence-electron chi connectivity index (χ0n) is 11.6. The Kier molecular flexibility index (Phi) is 4.03. The number of carbonyl (C=O) groups excluding carboxylic acids is 1. The van der Waals surface area contributed by atoms with Crippen molar-refractivity contribution in [1.82, 2.24) is 0 Å². The minimum absolute atomic E-state index is 0.0549. The molecular formula is C16H9BrN2O4. The normalized spacial score (nSPS) is 15.4. The van der Waals surface area contributed by atoms with Gasteiger partial charge in [-0.15, -0.1) is 0 Å². The van der Waals surface area contributed by atoms with Crippen molar-refractivity contribution in [2.75, 3.05) is 0 Å². The minimum Gasteiger partial charge on any atom is -0.402 e. The van der Waals surface area contributed by atoms with Gasteiger partial charge in [0.15, 0.2) is 5.70 Å². The average Bonchev–Trinajstić information content (AvgIpc) is 2.89. The smallest absolute Gasteiger partial charge is 0.363 e. The number of aliphatic imine (C=N–C) groups is 1. The molecule has 114 valence electrons.